The average Bonchev–Trinajstić information content (AvgIpc) is 2.84. The van der Waals surface area contributed by atoms with Crippen molar-refractivity contribution in [3.8, 4) is 0 Å². The third kappa shape index (κ3) is 5.84. The molecule has 182 valence electrons. The first kappa shape index (κ1) is 24.4. The molecule has 34 heavy (non-hydrogen) atoms. The zero-order valence-corrected chi connectivity index (χ0v) is 20.2. The van der Waals surface area contributed by atoms with Crippen LogP contribution in [0, 0.1) is 0 Å². The minimum absolute atomic E-state index is 0.0986. The van der Waals surface area contributed by atoms with Crippen molar-refractivity contribution in [2.24, 2.45) is 0 Å². The van der Waals surface area contributed by atoms with E-state index in [-0.39, 0.29) is 18.0 Å². The summed E-state index contributed by atoms with van der Waals surface area (Å²) in [6, 6.07) is 15.6. The predicted molar refractivity (Wildman–Crippen MR) is 132 cm³/mol. The van der Waals surface area contributed by atoms with E-state index in [1.165, 1.54) is 24.8 Å². The molecule has 2 fully saturated rings. The standard InChI is InChI=1S/C27H36N4O3/c1-20-16-30(18-22-9-11-24(12-10-22)26(32)28-34)17-21(2)31(20)27(33)25-8-6-7-23(15-25)19-29-13-4-3-5-14-29/h6-12,15,20-21,34H,3-5,13-14,16-19H2,1-2H3,(H,28,32)/t20-,21+. The molecule has 2 atom stereocenters. The van der Waals surface area contributed by atoms with Gasteiger partial charge in [0.1, 0.15) is 0 Å². The number of benzene rings is 2. The predicted octanol–water partition coefficient (Wildman–Crippen LogP) is 3.53. The second kappa shape index (κ2) is 11.1. The van der Waals surface area contributed by atoms with Gasteiger partial charge in [0.05, 0.1) is 0 Å². The van der Waals surface area contributed by atoms with Gasteiger partial charge in [-0.05, 0) is 75.2 Å². The molecule has 2 amide bonds. The monoisotopic (exact) mass is 464 g/mol. The number of rotatable bonds is 6. The number of hydrogen-bond donors (Lipinski definition) is 2. The SMILES string of the molecule is C[C@@H]1CN(Cc2ccc(C(=O)NO)cc2)C[C@H](C)N1C(=O)c1cccc(CN2CCCCC2)c1. The van der Waals surface area contributed by atoms with E-state index in [4.69, 9.17) is 5.21 Å². The number of nitrogens with one attached hydrogen (secondary N) is 1. The number of carbonyl (C=O) groups excluding carboxylic acids is 2. The van der Waals surface area contributed by atoms with Crippen LogP contribution in [0.5, 0.6) is 0 Å². The number of piperidine rings is 1. The molecule has 7 nitrogen and oxygen atoms in total. The maximum absolute atomic E-state index is 13.5. The lowest BCUT2D eigenvalue weighted by Crippen LogP contribution is -2.58. The van der Waals surface area contributed by atoms with Gasteiger partial charge in [-0.15, -0.1) is 0 Å². The van der Waals surface area contributed by atoms with Crippen LogP contribution in [0.1, 0.15) is 65.0 Å². The number of carbonyl (C=O) groups is 2. The van der Waals surface area contributed by atoms with Crippen LogP contribution in [0.15, 0.2) is 48.5 Å². The first-order valence-corrected chi connectivity index (χ1v) is 12.3. The lowest BCUT2D eigenvalue weighted by molar-refractivity contribution is 0.0268. The van der Waals surface area contributed by atoms with E-state index in [0.717, 1.165) is 50.4 Å². The third-order valence-electron chi connectivity index (χ3n) is 6.98. The van der Waals surface area contributed by atoms with E-state index in [2.05, 4.69) is 35.8 Å². The molecule has 0 spiro atoms. The van der Waals surface area contributed by atoms with Crippen LogP contribution in [-0.2, 0) is 13.1 Å². The third-order valence-corrected chi connectivity index (χ3v) is 6.98. The van der Waals surface area contributed by atoms with Gasteiger partial charge in [-0.2, -0.15) is 0 Å². The number of hydrogen-bond acceptors (Lipinski definition) is 5. The highest BCUT2D eigenvalue weighted by Gasteiger charge is 2.33. The van der Waals surface area contributed by atoms with Crippen LogP contribution in [0.4, 0.5) is 0 Å². The molecular weight excluding hydrogens is 428 g/mol. The van der Waals surface area contributed by atoms with Gasteiger partial charge in [0.25, 0.3) is 11.8 Å². The van der Waals surface area contributed by atoms with Gasteiger partial charge in [-0.3, -0.25) is 24.6 Å². The van der Waals surface area contributed by atoms with Crippen LogP contribution >= 0.6 is 0 Å². The number of amides is 2. The molecule has 2 aromatic carbocycles. The molecule has 0 aliphatic carbocycles. The van der Waals surface area contributed by atoms with E-state index in [0.29, 0.717) is 5.56 Å². The Balaban J connectivity index is 1.38. The molecule has 2 saturated heterocycles. The van der Waals surface area contributed by atoms with Crippen LogP contribution in [0.25, 0.3) is 0 Å². The van der Waals surface area contributed by atoms with Gasteiger partial charge < -0.3 is 4.90 Å². The van der Waals surface area contributed by atoms with Crippen molar-refractivity contribution in [2.75, 3.05) is 26.2 Å². The summed E-state index contributed by atoms with van der Waals surface area (Å²) in [6.45, 7) is 9.78. The Bertz CT molecular complexity index is 976. The molecule has 0 bridgehead atoms. The highest BCUT2D eigenvalue weighted by atomic mass is 16.5. The van der Waals surface area contributed by atoms with Crippen molar-refractivity contribution in [1.82, 2.24) is 20.2 Å². The largest absolute Gasteiger partial charge is 0.331 e. The highest BCUT2D eigenvalue weighted by Crippen LogP contribution is 2.22. The summed E-state index contributed by atoms with van der Waals surface area (Å²) in [5.74, 6) is -0.402. The minimum atomic E-state index is -0.513. The maximum atomic E-state index is 13.5. The van der Waals surface area contributed by atoms with Gasteiger partial charge in [-0.25, -0.2) is 5.48 Å². The Hall–Kier alpha value is -2.74. The van der Waals surface area contributed by atoms with Crippen molar-refractivity contribution < 1.29 is 14.8 Å². The zero-order valence-electron chi connectivity index (χ0n) is 20.2. The summed E-state index contributed by atoms with van der Waals surface area (Å²) in [5.41, 5.74) is 5.17. The lowest BCUT2D eigenvalue weighted by Gasteiger charge is -2.44. The van der Waals surface area contributed by atoms with Crippen LogP contribution in [0.3, 0.4) is 0 Å². The van der Waals surface area contributed by atoms with Crippen LogP contribution < -0.4 is 5.48 Å². The molecule has 2 aliphatic rings. The van der Waals surface area contributed by atoms with Gasteiger partial charge in [0.2, 0.25) is 0 Å². The maximum Gasteiger partial charge on any atom is 0.274 e. The Labute approximate surface area is 202 Å². The summed E-state index contributed by atoms with van der Waals surface area (Å²) in [6.07, 6.45) is 3.85. The molecule has 2 heterocycles. The molecule has 2 N–H and O–H groups in total. The molecule has 4 rings (SSSR count). The summed E-state index contributed by atoms with van der Waals surface area (Å²) in [7, 11) is 0. The fourth-order valence-corrected chi connectivity index (χ4v) is 5.37. The minimum Gasteiger partial charge on any atom is -0.331 e. The van der Waals surface area contributed by atoms with E-state index in [1.807, 2.05) is 29.2 Å². The average molecular weight is 465 g/mol. The first-order valence-electron chi connectivity index (χ1n) is 12.3. The summed E-state index contributed by atoms with van der Waals surface area (Å²) < 4.78 is 0. The Morgan fingerprint density at radius 2 is 1.50 bits per heavy atom. The summed E-state index contributed by atoms with van der Waals surface area (Å²) in [5, 5.41) is 8.78. The molecule has 0 unspecified atom stereocenters. The van der Waals surface area contributed by atoms with Gasteiger partial charge in [-0.1, -0.05) is 30.7 Å². The van der Waals surface area contributed by atoms with Crippen molar-refractivity contribution in [3.63, 3.8) is 0 Å². The number of hydroxylamine groups is 1. The first-order chi connectivity index (χ1) is 16.4. The fourth-order valence-electron chi connectivity index (χ4n) is 5.37. The second-order valence-electron chi connectivity index (χ2n) is 9.78. The highest BCUT2D eigenvalue weighted by molar-refractivity contribution is 5.95. The number of piperazine rings is 1. The van der Waals surface area contributed by atoms with E-state index in [9.17, 15) is 9.59 Å². The summed E-state index contributed by atoms with van der Waals surface area (Å²) >= 11 is 0. The molecular formula is C27H36N4O3. The normalized spacial score (nSPS) is 21.9. The van der Waals surface area contributed by atoms with Crippen molar-refractivity contribution in [3.05, 3.63) is 70.8 Å². The molecule has 0 saturated carbocycles. The quantitative estimate of drug-likeness (QED) is 0.505. The Kier molecular flexibility index (Phi) is 7.98. The molecule has 2 aromatic rings. The lowest BCUT2D eigenvalue weighted by atomic mass is 10.0. The summed E-state index contributed by atoms with van der Waals surface area (Å²) in [4.78, 5) is 31.9. The Morgan fingerprint density at radius 1 is 0.853 bits per heavy atom. The van der Waals surface area contributed by atoms with E-state index < -0.39 is 5.91 Å². The molecule has 0 radical (unpaired) electrons. The zero-order chi connectivity index (χ0) is 24.1. The van der Waals surface area contributed by atoms with E-state index >= 15 is 0 Å². The number of likely N-dealkylation sites (tertiary alicyclic amines) is 1. The van der Waals surface area contributed by atoms with E-state index in [1.54, 1.807) is 17.6 Å². The second-order valence-corrected chi connectivity index (χ2v) is 9.78. The fraction of sp³-hybridized carbons (Fsp3) is 0.481. The number of nitrogens with zero attached hydrogens (tertiary/aromatic N) is 3. The molecule has 0 aromatic heterocycles. The van der Waals surface area contributed by atoms with Gasteiger partial charge >= 0.3 is 0 Å². The Morgan fingerprint density at radius 3 is 2.15 bits per heavy atom. The van der Waals surface area contributed by atoms with Gasteiger partial charge in [0.15, 0.2) is 0 Å². The van der Waals surface area contributed by atoms with Crippen molar-refractivity contribution >= 4 is 11.8 Å². The van der Waals surface area contributed by atoms with Gasteiger partial charge in [0, 0.05) is 49.4 Å². The van der Waals surface area contributed by atoms with Crippen LogP contribution in [-0.4, -0.2) is 70.0 Å². The molecule has 7 heteroatoms. The molecule has 2 aliphatic heterocycles. The van der Waals surface area contributed by atoms with Crippen LogP contribution in [0.2, 0.25) is 0 Å². The topological polar surface area (TPSA) is 76.1 Å². The van der Waals surface area contributed by atoms with Crippen molar-refractivity contribution in [1.29, 1.82) is 0 Å². The smallest absolute Gasteiger partial charge is 0.274 e. The van der Waals surface area contributed by atoms with Crippen molar-refractivity contribution in [2.45, 2.75) is 58.3 Å².